The zero-order valence-electron chi connectivity index (χ0n) is 18.1. The summed E-state index contributed by atoms with van der Waals surface area (Å²) in [5.74, 6) is 1.42. The van der Waals surface area contributed by atoms with E-state index in [9.17, 15) is 4.79 Å². The van der Waals surface area contributed by atoms with Gasteiger partial charge < -0.3 is 4.90 Å². The van der Waals surface area contributed by atoms with E-state index in [1.54, 1.807) is 11.1 Å². The molecule has 5 rings (SSSR count). The molecular formula is C25H37N3O. The Morgan fingerprint density at radius 1 is 0.931 bits per heavy atom. The van der Waals surface area contributed by atoms with E-state index in [0.717, 1.165) is 25.4 Å². The summed E-state index contributed by atoms with van der Waals surface area (Å²) in [7, 11) is 2.03. The van der Waals surface area contributed by atoms with E-state index in [2.05, 4.69) is 34.1 Å². The molecular weight excluding hydrogens is 358 g/mol. The Morgan fingerprint density at radius 3 is 2.28 bits per heavy atom. The molecule has 1 aromatic rings. The van der Waals surface area contributed by atoms with Crippen molar-refractivity contribution >= 4 is 5.91 Å². The van der Waals surface area contributed by atoms with Gasteiger partial charge in [-0.25, -0.2) is 0 Å². The fraction of sp³-hybridized carbons (Fsp3) is 0.720. The van der Waals surface area contributed by atoms with Crippen molar-refractivity contribution in [3.63, 3.8) is 0 Å². The molecule has 4 aliphatic rings. The summed E-state index contributed by atoms with van der Waals surface area (Å²) >= 11 is 0. The van der Waals surface area contributed by atoms with Gasteiger partial charge in [-0.3, -0.25) is 14.6 Å². The van der Waals surface area contributed by atoms with Crippen LogP contribution < -0.4 is 0 Å². The van der Waals surface area contributed by atoms with Crippen LogP contribution in [-0.4, -0.2) is 72.5 Å². The van der Waals surface area contributed by atoms with Crippen LogP contribution in [0.1, 0.15) is 49.7 Å². The van der Waals surface area contributed by atoms with Gasteiger partial charge in [0, 0.05) is 32.2 Å². The Morgan fingerprint density at radius 2 is 1.62 bits per heavy atom. The monoisotopic (exact) mass is 395 g/mol. The van der Waals surface area contributed by atoms with Crippen molar-refractivity contribution in [1.29, 1.82) is 0 Å². The lowest BCUT2D eigenvalue weighted by molar-refractivity contribution is -0.136. The maximum atomic E-state index is 12.9. The van der Waals surface area contributed by atoms with E-state index in [1.165, 1.54) is 64.6 Å². The first-order valence-corrected chi connectivity index (χ1v) is 12.0. The molecule has 2 heterocycles. The number of piperidine rings is 2. The maximum Gasteiger partial charge on any atom is 0.226 e. The van der Waals surface area contributed by atoms with Crippen molar-refractivity contribution in [2.24, 2.45) is 11.8 Å². The van der Waals surface area contributed by atoms with Gasteiger partial charge >= 0.3 is 0 Å². The topological polar surface area (TPSA) is 26.8 Å². The minimum absolute atomic E-state index is 0.231. The summed E-state index contributed by atoms with van der Waals surface area (Å²) in [5, 5.41) is 0. The molecule has 0 radical (unpaired) electrons. The fourth-order valence-electron chi connectivity index (χ4n) is 6.04. The second kappa shape index (κ2) is 8.39. The molecule has 4 nitrogen and oxygen atoms in total. The van der Waals surface area contributed by atoms with Gasteiger partial charge in [0.25, 0.3) is 0 Å². The summed E-state index contributed by atoms with van der Waals surface area (Å²) in [6.07, 6.45) is 9.91. The number of carbonyl (C=O) groups is 1. The lowest BCUT2D eigenvalue weighted by Crippen LogP contribution is -2.52. The quantitative estimate of drug-likeness (QED) is 0.766. The zero-order chi connectivity index (χ0) is 19.8. The van der Waals surface area contributed by atoms with Crippen molar-refractivity contribution in [3.8, 4) is 0 Å². The SMILES string of the molecule is CN(CC1CC1)C(=O)[C@H]1CCCN(C2CCN(C3Cc4ccccc4C3)CC2)C1. The first-order chi connectivity index (χ1) is 14.2. The Hall–Kier alpha value is -1.39. The van der Waals surface area contributed by atoms with Crippen molar-refractivity contribution in [2.45, 2.75) is 63.5 Å². The second-order valence-corrected chi connectivity index (χ2v) is 10.1. The normalized spacial score (nSPS) is 27.1. The molecule has 2 aliphatic heterocycles. The Balaban J connectivity index is 1.11. The third kappa shape index (κ3) is 4.39. The van der Waals surface area contributed by atoms with Gasteiger partial charge in [0.05, 0.1) is 5.92 Å². The van der Waals surface area contributed by atoms with E-state index >= 15 is 0 Å². The average Bonchev–Trinajstić information content (AvgIpc) is 3.47. The molecule has 1 atom stereocenters. The number of benzene rings is 1. The highest BCUT2D eigenvalue weighted by Crippen LogP contribution is 2.32. The molecule has 0 bridgehead atoms. The summed E-state index contributed by atoms with van der Waals surface area (Å²) < 4.78 is 0. The molecule has 2 aliphatic carbocycles. The molecule has 0 unspecified atom stereocenters. The standard InChI is InChI=1S/C25H37N3O/c1-26(17-19-8-9-19)25(29)22-7-4-12-28(18-22)23-10-13-27(14-11-23)24-15-20-5-2-3-6-21(20)16-24/h2-3,5-6,19,22-24H,4,7-18H2,1H3/t22-/m0/s1. The largest absolute Gasteiger partial charge is 0.345 e. The first kappa shape index (κ1) is 19.6. The second-order valence-electron chi connectivity index (χ2n) is 10.1. The molecule has 2 saturated heterocycles. The zero-order valence-corrected chi connectivity index (χ0v) is 18.1. The van der Waals surface area contributed by atoms with E-state index in [1.807, 2.05) is 11.9 Å². The van der Waals surface area contributed by atoms with Crippen molar-refractivity contribution < 1.29 is 4.79 Å². The average molecular weight is 396 g/mol. The van der Waals surface area contributed by atoms with Crippen LogP contribution in [-0.2, 0) is 17.6 Å². The summed E-state index contributed by atoms with van der Waals surface area (Å²) in [6.45, 7) is 5.61. The van der Waals surface area contributed by atoms with Gasteiger partial charge in [0.1, 0.15) is 0 Å². The van der Waals surface area contributed by atoms with E-state index < -0.39 is 0 Å². The Kier molecular flexibility index (Phi) is 5.66. The molecule has 1 saturated carbocycles. The lowest BCUT2D eigenvalue weighted by atomic mass is 9.92. The highest BCUT2D eigenvalue weighted by atomic mass is 16.2. The van der Waals surface area contributed by atoms with Gasteiger partial charge in [-0.15, -0.1) is 0 Å². The van der Waals surface area contributed by atoms with Crippen LogP contribution in [0.3, 0.4) is 0 Å². The molecule has 29 heavy (non-hydrogen) atoms. The lowest BCUT2D eigenvalue weighted by Gasteiger charge is -2.43. The molecule has 4 heteroatoms. The number of rotatable bonds is 5. The minimum Gasteiger partial charge on any atom is -0.345 e. The van der Waals surface area contributed by atoms with Gasteiger partial charge in [-0.1, -0.05) is 24.3 Å². The smallest absolute Gasteiger partial charge is 0.226 e. The molecule has 1 aromatic carbocycles. The van der Waals surface area contributed by atoms with Crippen molar-refractivity contribution in [1.82, 2.24) is 14.7 Å². The summed E-state index contributed by atoms with van der Waals surface area (Å²) in [6, 6.07) is 10.4. The van der Waals surface area contributed by atoms with E-state index in [4.69, 9.17) is 0 Å². The van der Waals surface area contributed by atoms with Crippen LogP contribution in [0.15, 0.2) is 24.3 Å². The molecule has 0 spiro atoms. The van der Waals surface area contributed by atoms with Crippen LogP contribution >= 0.6 is 0 Å². The predicted molar refractivity (Wildman–Crippen MR) is 117 cm³/mol. The predicted octanol–water partition coefficient (Wildman–Crippen LogP) is 3.20. The van der Waals surface area contributed by atoms with E-state index in [0.29, 0.717) is 18.0 Å². The minimum atomic E-state index is 0.231. The molecule has 158 valence electrons. The highest BCUT2D eigenvalue weighted by Gasteiger charge is 2.36. The number of hydrogen-bond donors (Lipinski definition) is 0. The van der Waals surface area contributed by atoms with Gasteiger partial charge in [-0.05, 0) is 88.0 Å². The number of hydrogen-bond acceptors (Lipinski definition) is 3. The van der Waals surface area contributed by atoms with Crippen LogP contribution in [0.2, 0.25) is 0 Å². The first-order valence-electron chi connectivity index (χ1n) is 12.0. The number of nitrogens with zero attached hydrogens (tertiary/aromatic N) is 3. The number of fused-ring (bicyclic) bond motifs is 1. The van der Waals surface area contributed by atoms with E-state index in [-0.39, 0.29) is 5.92 Å². The fourth-order valence-corrected chi connectivity index (χ4v) is 6.04. The van der Waals surface area contributed by atoms with Crippen LogP contribution in [0.4, 0.5) is 0 Å². The van der Waals surface area contributed by atoms with Gasteiger partial charge in [-0.2, -0.15) is 0 Å². The Labute approximate surface area is 176 Å². The number of amides is 1. The number of likely N-dealkylation sites (tertiary alicyclic amines) is 2. The molecule has 0 N–H and O–H groups in total. The number of carbonyl (C=O) groups excluding carboxylic acids is 1. The van der Waals surface area contributed by atoms with Gasteiger partial charge in [0.2, 0.25) is 5.91 Å². The van der Waals surface area contributed by atoms with Crippen molar-refractivity contribution in [3.05, 3.63) is 35.4 Å². The molecule has 3 fully saturated rings. The summed E-state index contributed by atoms with van der Waals surface area (Å²) in [4.78, 5) is 20.4. The molecule has 1 amide bonds. The Bertz CT molecular complexity index is 698. The van der Waals surface area contributed by atoms with Gasteiger partial charge in [0.15, 0.2) is 0 Å². The maximum absolute atomic E-state index is 12.9. The third-order valence-corrected chi connectivity index (χ3v) is 7.97. The van der Waals surface area contributed by atoms with Crippen LogP contribution in [0.5, 0.6) is 0 Å². The van der Waals surface area contributed by atoms with Crippen LogP contribution in [0.25, 0.3) is 0 Å². The van der Waals surface area contributed by atoms with Crippen molar-refractivity contribution in [2.75, 3.05) is 39.8 Å². The van der Waals surface area contributed by atoms with Crippen LogP contribution in [0, 0.1) is 11.8 Å². The summed E-state index contributed by atoms with van der Waals surface area (Å²) in [5.41, 5.74) is 3.12. The third-order valence-electron chi connectivity index (χ3n) is 7.97. The molecule has 0 aromatic heterocycles. The highest BCUT2D eigenvalue weighted by molar-refractivity contribution is 5.79.